The van der Waals surface area contributed by atoms with Crippen molar-refractivity contribution in [3.8, 4) is 6.07 Å². The van der Waals surface area contributed by atoms with Crippen LogP contribution in [0.4, 0.5) is 0 Å². The van der Waals surface area contributed by atoms with E-state index in [1.54, 1.807) is 34.5 Å². The zero-order chi connectivity index (χ0) is 27.6. The van der Waals surface area contributed by atoms with Crippen LogP contribution in [0, 0.1) is 63.1 Å². The van der Waals surface area contributed by atoms with Crippen molar-refractivity contribution in [1.29, 1.82) is 5.26 Å². The summed E-state index contributed by atoms with van der Waals surface area (Å²) >= 11 is 2.78. The van der Waals surface area contributed by atoms with Crippen molar-refractivity contribution < 1.29 is 17.2 Å². The molecule has 11 atom stereocenters. The predicted octanol–water partition coefficient (Wildman–Crippen LogP) is 7.15. The number of halogens is 4. The van der Waals surface area contributed by atoms with Gasteiger partial charge in [0.1, 0.15) is 0 Å². The van der Waals surface area contributed by atoms with E-state index in [2.05, 4.69) is 76.6 Å². The van der Waals surface area contributed by atoms with Gasteiger partial charge >= 0.3 is 281 Å². The molecule has 0 N–H and O–H groups in total. The molecule has 4 saturated carbocycles. The van der Waals surface area contributed by atoms with Crippen LogP contribution in [0.5, 0.6) is 0 Å². The number of nitriles is 1. The molecule has 6 heteroatoms. The molecule has 0 unspecified atom stereocenters. The first-order valence-electron chi connectivity index (χ1n) is 15.9. The second kappa shape index (κ2) is 12.0. The van der Waals surface area contributed by atoms with Crippen LogP contribution in [-0.4, -0.2) is 24.0 Å². The molecular weight excluding hydrogens is 932 g/mol. The maximum atomic E-state index is 9.37. The van der Waals surface area contributed by atoms with E-state index in [4.69, 9.17) is 0 Å². The van der Waals surface area contributed by atoms with Gasteiger partial charge in [0, 0.05) is 0 Å². The van der Waals surface area contributed by atoms with Gasteiger partial charge < -0.3 is 0 Å². The molecule has 1 saturated heterocycles. The number of alkyl halides is 4. The Morgan fingerprint density at radius 2 is 1.97 bits per heavy atom. The minimum absolute atomic E-state index is 0.108. The second-order valence-corrected chi connectivity index (χ2v) is 38.0. The number of hydrogen-bond acceptors (Lipinski definition) is 2. The number of hydrogen-bond donors (Lipinski definition) is 0. The fraction of sp³-hybridized carbons (Fsp3) is 0.879. The molecule has 0 spiro atoms. The Kier molecular flexibility index (Phi) is 9.46. The standard InChI is InChI=1S/C33H51I4N2/c1-6-12-33(29(34)7-2)14-13-31(4)24(15-33)8-9-25-27-11-10-26(22(3)19-39-20-23(18-38)17-36-39)32(27,5)16-28(30(25)31)37-21-35-37/h17,20,22,24-30H,6-16,19,21H2,1-5H3/q-1/t22-,24-,25+,26-,27+,28-,29+,30-,31+,32-,33-/m1/s1. The normalized spacial score (nSPS) is 47.5. The first kappa shape index (κ1) is 30.8. The van der Waals surface area contributed by atoms with Gasteiger partial charge in [0.15, 0.2) is 0 Å². The van der Waals surface area contributed by atoms with E-state index in [0.717, 1.165) is 45.0 Å². The van der Waals surface area contributed by atoms with Gasteiger partial charge in [-0.2, -0.15) is 0 Å². The van der Waals surface area contributed by atoms with Gasteiger partial charge in [0.2, 0.25) is 0 Å². The summed E-state index contributed by atoms with van der Waals surface area (Å²) in [5.41, 5.74) is 2.80. The van der Waals surface area contributed by atoms with Crippen molar-refractivity contribution in [1.82, 2.24) is 3.11 Å². The van der Waals surface area contributed by atoms with Crippen LogP contribution in [0.2, 0.25) is 0 Å². The van der Waals surface area contributed by atoms with Crippen molar-refractivity contribution in [2.45, 2.75) is 113 Å². The van der Waals surface area contributed by atoms with Crippen LogP contribution in [-0.2, 0) is 0 Å². The molecule has 0 aromatic rings. The average molecular weight is 983 g/mol. The quantitative estimate of drug-likeness (QED) is 0.147. The molecule has 2 heterocycles. The summed E-state index contributed by atoms with van der Waals surface area (Å²) in [5.74, 6) is 5.83. The summed E-state index contributed by atoms with van der Waals surface area (Å²) in [6, 6.07) is 2.39. The van der Waals surface area contributed by atoms with Gasteiger partial charge in [0.25, 0.3) is 0 Å². The van der Waals surface area contributed by atoms with Crippen molar-refractivity contribution in [2.75, 3.05) is 8.98 Å². The minimum atomic E-state index is -0.625. The molecule has 2 aliphatic heterocycles. The van der Waals surface area contributed by atoms with E-state index in [1.807, 2.05) is 0 Å². The molecule has 6 aliphatic rings. The van der Waals surface area contributed by atoms with Gasteiger partial charge in [-0.25, -0.2) is 0 Å². The Labute approximate surface area is 277 Å². The summed E-state index contributed by atoms with van der Waals surface area (Å²) in [5, 5.41) is 9.37. The van der Waals surface area contributed by atoms with E-state index in [-0.39, 0.29) is 21.0 Å². The van der Waals surface area contributed by atoms with E-state index in [1.165, 1.54) is 49.0 Å². The Morgan fingerprint density at radius 3 is 2.64 bits per heavy atom. The molecule has 0 amide bonds. The number of nitrogens with zero attached hydrogens (tertiary/aromatic N) is 2. The number of allylic oxidation sites excluding steroid dienone is 1. The average Bonchev–Trinajstić information content (AvgIpc) is 3.57. The van der Waals surface area contributed by atoms with Gasteiger partial charge in [-0.3, -0.25) is 0 Å². The first-order valence-corrected chi connectivity index (χ1v) is 30.0. The zero-order valence-electron chi connectivity index (χ0n) is 24.9. The van der Waals surface area contributed by atoms with E-state index in [0.29, 0.717) is 33.5 Å². The zero-order valence-corrected chi connectivity index (χ0v) is 33.5. The van der Waals surface area contributed by atoms with Crippen molar-refractivity contribution in [2.24, 2.45) is 51.8 Å². The molecule has 222 valence electrons. The van der Waals surface area contributed by atoms with Crippen LogP contribution in [0.25, 0.3) is 0 Å². The molecule has 39 heavy (non-hydrogen) atoms. The molecule has 0 aromatic heterocycles. The van der Waals surface area contributed by atoms with E-state index < -0.39 is 15.8 Å². The summed E-state index contributed by atoms with van der Waals surface area (Å²) < 4.78 is 8.65. The third-order valence-corrected chi connectivity index (χ3v) is 34.1. The molecule has 0 aromatic carbocycles. The molecule has 6 rings (SSSR count). The van der Waals surface area contributed by atoms with Crippen LogP contribution in [0.3, 0.4) is 0 Å². The summed E-state index contributed by atoms with van der Waals surface area (Å²) in [4.78, 5) is 0. The molecular formula is C33H51I4N2-. The van der Waals surface area contributed by atoms with E-state index >= 15 is 0 Å². The Morgan fingerprint density at radius 1 is 1.18 bits per heavy atom. The van der Waals surface area contributed by atoms with Crippen LogP contribution in [0.15, 0.2) is 11.8 Å². The summed E-state index contributed by atoms with van der Waals surface area (Å²) in [7, 11) is 0. The van der Waals surface area contributed by atoms with Crippen LogP contribution >= 0.6 is 59.4 Å². The fourth-order valence-corrected chi connectivity index (χ4v) is 34.3. The van der Waals surface area contributed by atoms with Gasteiger partial charge in [-0.15, -0.1) is 0 Å². The molecule has 2 nitrogen and oxygen atoms in total. The first-order chi connectivity index (χ1) is 18.7. The van der Waals surface area contributed by atoms with Crippen molar-refractivity contribution in [3.05, 3.63) is 11.8 Å². The number of fused-ring (bicyclic) bond motifs is 5. The Balaban J connectivity index is 1.25. The second-order valence-electron chi connectivity index (χ2n) is 14.7. The van der Waals surface area contributed by atoms with E-state index in [9.17, 15) is 5.26 Å². The monoisotopic (exact) mass is 983 g/mol. The molecule has 5 fully saturated rings. The van der Waals surface area contributed by atoms with Gasteiger partial charge in [-0.05, 0) is 0 Å². The number of rotatable bonds is 8. The van der Waals surface area contributed by atoms with Crippen LogP contribution in [0.1, 0.15) is 105 Å². The molecule has 0 radical (unpaired) electrons. The fourth-order valence-electron chi connectivity index (χ4n) is 11.3. The molecule has 4 aliphatic carbocycles. The third-order valence-electron chi connectivity index (χ3n) is 13.0. The maximum absolute atomic E-state index is 9.37. The Bertz CT molecular complexity index is 1030. The molecule has 0 bridgehead atoms. The predicted molar refractivity (Wildman–Crippen MR) is 188 cm³/mol. The van der Waals surface area contributed by atoms with Gasteiger partial charge in [-0.1, -0.05) is 0 Å². The van der Waals surface area contributed by atoms with Gasteiger partial charge in [0.05, 0.1) is 0 Å². The topological polar surface area (TPSA) is 27.0 Å². The van der Waals surface area contributed by atoms with Crippen molar-refractivity contribution in [3.63, 3.8) is 0 Å². The van der Waals surface area contributed by atoms with Crippen LogP contribution < -0.4 is 17.2 Å². The SMILES string of the molecule is CCC[C@@]1([C@@H](I)CC)CC[C@@]2(C)[C@H](CC[C@@H]3[C@@H]2[C@H](I2C[I-]2)C[C@]2(C)[C@@H]([C@H](C)CN4C=C(C#N)C=I4)CC[C@@H]32)C1. The van der Waals surface area contributed by atoms with Crippen molar-refractivity contribution >= 4 is 63.5 Å². The Hall–Kier alpha value is 1.82. The summed E-state index contributed by atoms with van der Waals surface area (Å²) in [6.07, 6.45) is 18.8. The third kappa shape index (κ3) is 5.39. The summed E-state index contributed by atoms with van der Waals surface area (Å²) in [6.45, 7) is 14.4.